The number of esters is 2. The van der Waals surface area contributed by atoms with Crippen molar-refractivity contribution in [3.63, 3.8) is 0 Å². The number of aliphatic hydroxyl groups excluding tert-OH is 1. The lowest BCUT2D eigenvalue weighted by Gasteiger charge is -2.62. The summed E-state index contributed by atoms with van der Waals surface area (Å²) in [5, 5.41) is 32.3. The second-order valence-corrected chi connectivity index (χ2v) is 11.5. The molecule has 0 amide bonds. The fourth-order valence-corrected chi connectivity index (χ4v) is 7.22. The van der Waals surface area contributed by atoms with Crippen LogP contribution in [-0.4, -0.2) is 57.9 Å². The van der Waals surface area contributed by atoms with E-state index in [2.05, 4.69) is 6.92 Å². The second kappa shape index (κ2) is 9.37. The highest BCUT2D eigenvalue weighted by atomic mass is 17.1. The highest BCUT2D eigenvalue weighted by Crippen LogP contribution is 2.63. The third-order valence-corrected chi connectivity index (χ3v) is 8.81. The van der Waals surface area contributed by atoms with Gasteiger partial charge in [-0.05, 0) is 82.4 Å². The second-order valence-electron chi connectivity index (χ2n) is 11.5. The molecule has 3 rings (SSSR count). The summed E-state index contributed by atoms with van der Waals surface area (Å²) in [6.45, 7) is 9.18. The molecule has 1 aliphatic heterocycles. The van der Waals surface area contributed by atoms with Gasteiger partial charge < -0.3 is 19.7 Å². The molecule has 3 aliphatic rings. The molecule has 8 atom stereocenters. The first-order valence-electron chi connectivity index (χ1n) is 12.1. The van der Waals surface area contributed by atoms with Crippen LogP contribution in [0, 0.1) is 22.7 Å². The topological polar surface area (TPSA) is 123 Å². The Labute approximate surface area is 201 Å². The molecular weight excluding hydrogens is 440 g/mol. The van der Waals surface area contributed by atoms with Gasteiger partial charge in [0.1, 0.15) is 11.7 Å². The third-order valence-electron chi connectivity index (χ3n) is 8.81. The zero-order valence-corrected chi connectivity index (χ0v) is 21.2. The van der Waals surface area contributed by atoms with Gasteiger partial charge in [0.05, 0.1) is 24.2 Å². The van der Waals surface area contributed by atoms with Crippen molar-refractivity contribution in [3.8, 4) is 0 Å². The lowest BCUT2D eigenvalue weighted by molar-refractivity contribution is -0.306. The number of hydrogen-bond acceptors (Lipinski definition) is 8. The molecule has 192 valence electrons. The summed E-state index contributed by atoms with van der Waals surface area (Å²) in [7, 11) is 1.37. The van der Waals surface area contributed by atoms with Gasteiger partial charge >= 0.3 is 11.9 Å². The molecule has 0 radical (unpaired) electrons. The van der Waals surface area contributed by atoms with E-state index in [1.807, 2.05) is 6.92 Å². The molecule has 8 heteroatoms. The molecule has 8 nitrogen and oxygen atoms in total. The van der Waals surface area contributed by atoms with Crippen LogP contribution in [0.25, 0.3) is 0 Å². The van der Waals surface area contributed by atoms with E-state index in [-0.39, 0.29) is 24.2 Å². The van der Waals surface area contributed by atoms with Crippen LogP contribution in [0.15, 0.2) is 23.8 Å². The van der Waals surface area contributed by atoms with E-state index < -0.39 is 40.2 Å². The van der Waals surface area contributed by atoms with Crippen molar-refractivity contribution >= 4 is 11.9 Å². The maximum absolute atomic E-state index is 12.8. The largest absolute Gasteiger partial charge is 0.469 e. The van der Waals surface area contributed by atoms with Crippen molar-refractivity contribution in [2.45, 2.75) is 96.6 Å². The van der Waals surface area contributed by atoms with Crippen LogP contribution < -0.4 is 0 Å². The average molecular weight is 481 g/mol. The molecular formula is C26H40O8. The number of carbonyl (C=O) groups is 2. The van der Waals surface area contributed by atoms with Crippen molar-refractivity contribution in [3.05, 3.63) is 23.8 Å². The average Bonchev–Trinajstić information content (AvgIpc) is 3.07. The van der Waals surface area contributed by atoms with Crippen molar-refractivity contribution in [1.29, 1.82) is 0 Å². The minimum atomic E-state index is -1.17. The number of cyclic esters (lactones) is 1. The number of hydrogen-bond donors (Lipinski definition) is 3. The highest BCUT2D eigenvalue weighted by Gasteiger charge is 2.64. The van der Waals surface area contributed by atoms with E-state index in [0.29, 0.717) is 19.3 Å². The summed E-state index contributed by atoms with van der Waals surface area (Å²) >= 11 is 0. The van der Waals surface area contributed by atoms with Gasteiger partial charge in [-0.3, -0.25) is 10.1 Å². The van der Waals surface area contributed by atoms with Gasteiger partial charge in [0.2, 0.25) is 0 Å². The standard InChI is InChI=1S/C26H40O8/c1-16-14-20(28)33-18(16)8-12-23(2,34-31)13-9-19-24(3)10-7-11-25(4,22(29)32-6)21(24)17(27)15-26(19,5)30/h8,12,14,17-19,21,27,30-31H,7,9-11,13,15H2,1-6H3. The minimum absolute atomic E-state index is 0.152. The van der Waals surface area contributed by atoms with E-state index in [9.17, 15) is 25.1 Å². The SMILES string of the molecule is COC(=O)C1(C)CCCC2(C)C(CCC(C)(C=CC3OC(=O)C=C3C)OO)C(C)(O)CC(O)C12. The molecule has 2 saturated carbocycles. The van der Waals surface area contributed by atoms with Crippen molar-refractivity contribution in [2.24, 2.45) is 22.7 Å². The predicted molar refractivity (Wildman–Crippen MR) is 124 cm³/mol. The first-order valence-corrected chi connectivity index (χ1v) is 12.1. The Morgan fingerprint density at radius 3 is 2.56 bits per heavy atom. The fraction of sp³-hybridized carbons (Fsp3) is 0.769. The van der Waals surface area contributed by atoms with E-state index in [0.717, 1.165) is 18.4 Å². The molecule has 0 bridgehead atoms. The molecule has 2 aliphatic carbocycles. The summed E-state index contributed by atoms with van der Waals surface area (Å²) in [4.78, 5) is 29.2. The zero-order chi connectivity index (χ0) is 25.5. The lowest BCUT2D eigenvalue weighted by atomic mass is 9.43. The number of fused-ring (bicyclic) bond motifs is 1. The van der Waals surface area contributed by atoms with Crippen molar-refractivity contribution in [1.82, 2.24) is 0 Å². The summed E-state index contributed by atoms with van der Waals surface area (Å²) < 4.78 is 10.4. The van der Waals surface area contributed by atoms with Gasteiger partial charge in [-0.25, -0.2) is 9.68 Å². The number of ether oxygens (including phenoxy) is 2. The van der Waals surface area contributed by atoms with Crippen LogP contribution in [0.3, 0.4) is 0 Å². The molecule has 0 spiro atoms. The lowest BCUT2D eigenvalue weighted by Crippen LogP contribution is -2.64. The van der Waals surface area contributed by atoms with Crippen LogP contribution in [0.4, 0.5) is 0 Å². The van der Waals surface area contributed by atoms with Gasteiger partial charge in [-0.15, -0.1) is 0 Å². The zero-order valence-electron chi connectivity index (χ0n) is 21.2. The first-order chi connectivity index (χ1) is 15.7. The van der Waals surface area contributed by atoms with E-state index in [4.69, 9.17) is 14.4 Å². The summed E-state index contributed by atoms with van der Waals surface area (Å²) in [5.74, 6) is -1.36. The van der Waals surface area contributed by atoms with E-state index in [1.54, 1.807) is 32.9 Å². The maximum atomic E-state index is 12.8. The minimum Gasteiger partial charge on any atom is -0.469 e. The molecule has 2 fully saturated rings. The number of carbonyl (C=O) groups excluding carboxylic acids is 2. The molecule has 34 heavy (non-hydrogen) atoms. The normalized spacial score (nSPS) is 42.0. The number of methoxy groups -OCH3 is 1. The quantitative estimate of drug-likeness (QED) is 0.219. The molecule has 1 heterocycles. The van der Waals surface area contributed by atoms with Crippen LogP contribution in [0.5, 0.6) is 0 Å². The Morgan fingerprint density at radius 1 is 1.32 bits per heavy atom. The summed E-state index contributed by atoms with van der Waals surface area (Å²) in [5.41, 5.74) is -2.84. The number of aliphatic hydroxyl groups is 2. The molecule has 0 aromatic heterocycles. The van der Waals surface area contributed by atoms with Crippen LogP contribution in [0.2, 0.25) is 0 Å². The van der Waals surface area contributed by atoms with Crippen LogP contribution in [0.1, 0.15) is 73.1 Å². The van der Waals surface area contributed by atoms with Crippen molar-refractivity contribution in [2.75, 3.05) is 7.11 Å². The molecule has 0 saturated heterocycles. The molecule has 0 aromatic rings. The Bertz CT molecular complexity index is 863. The highest BCUT2D eigenvalue weighted by molar-refractivity contribution is 5.86. The predicted octanol–water partition coefficient (Wildman–Crippen LogP) is 3.56. The van der Waals surface area contributed by atoms with E-state index in [1.165, 1.54) is 13.2 Å². The third kappa shape index (κ3) is 4.70. The monoisotopic (exact) mass is 480 g/mol. The summed E-state index contributed by atoms with van der Waals surface area (Å²) in [6.07, 6.45) is 6.64. The van der Waals surface area contributed by atoms with E-state index >= 15 is 0 Å². The molecule has 0 aromatic carbocycles. The van der Waals surface area contributed by atoms with Gasteiger partial charge in [0.15, 0.2) is 0 Å². The van der Waals surface area contributed by atoms with Crippen LogP contribution in [-0.2, 0) is 24.0 Å². The van der Waals surface area contributed by atoms with Gasteiger partial charge in [0, 0.05) is 18.4 Å². The van der Waals surface area contributed by atoms with Gasteiger partial charge in [0.25, 0.3) is 0 Å². The maximum Gasteiger partial charge on any atom is 0.331 e. The molecule has 3 N–H and O–H groups in total. The first kappa shape index (κ1) is 26.9. The van der Waals surface area contributed by atoms with Gasteiger partial charge in [-0.2, -0.15) is 0 Å². The summed E-state index contributed by atoms with van der Waals surface area (Å²) in [6, 6.07) is 0. The smallest absolute Gasteiger partial charge is 0.331 e. The Kier molecular flexibility index (Phi) is 7.40. The number of rotatable bonds is 7. The van der Waals surface area contributed by atoms with Crippen LogP contribution >= 0.6 is 0 Å². The van der Waals surface area contributed by atoms with Gasteiger partial charge in [-0.1, -0.05) is 13.3 Å². The Balaban J connectivity index is 1.86. The van der Waals surface area contributed by atoms with Crippen molar-refractivity contribution < 1.29 is 39.4 Å². The fourth-order valence-electron chi connectivity index (χ4n) is 7.22. The molecule has 8 unspecified atom stereocenters. The Morgan fingerprint density at radius 2 is 2.00 bits per heavy atom. The Hall–Kier alpha value is -1.74.